The molecule has 8 heteroatoms. The first kappa shape index (κ1) is 17.0. The molecule has 2 amide bonds. The van der Waals surface area contributed by atoms with E-state index in [1.165, 1.54) is 6.07 Å². The van der Waals surface area contributed by atoms with Crippen LogP contribution in [0, 0.1) is 17.0 Å². The monoisotopic (exact) mass is 321 g/mol. The first-order valence-corrected chi connectivity index (χ1v) is 7.87. The maximum absolute atomic E-state index is 12.3. The highest BCUT2D eigenvalue weighted by Crippen LogP contribution is 2.27. The summed E-state index contributed by atoms with van der Waals surface area (Å²) in [6.07, 6.45) is 1.63. The fourth-order valence-electron chi connectivity index (χ4n) is 2.73. The van der Waals surface area contributed by atoms with E-state index in [0.29, 0.717) is 45.1 Å². The van der Waals surface area contributed by atoms with Crippen LogP contribution in [0.5, 0.6) is 0 Å². The lowest BCUT2D eigenvalue weighted by molar-refractivity contribution is -0.384. The van der Waals surface area contributed by atoms with E-state index in [1.807, 2.05) is 18.7 Å². The normalized spacial score (nSPS) is 14.7. The number of pyridine rings is 1. The summed E-state index contributed by atoms with van der Waals surface area (Å²) < 4.78 is 0. The summed E-state index contributed by atoms with van der Waals surface area (Å²) in [6.45, 7) is 9.23. The maximum atomic E-state index is 12.3. The van der Waals surface area contributed by atoms with Crippen LogP contribution >= 0.6 is 0 Å². The molecular formula is C15H23N5O3. The molecule has 1 saturated heterocycles. The zero-order chi connectivity index (χ0) is 17.0. The average molecular weight is 321 g/mol. The van der Waals surface area contributed by atoms with Crippen molar-refractivity contribution < 1.29 is 9.72 Å². The molecule has 0 saturated carbocycles. The number of hydrogen-bond donors (Lipinski definition) is 0. The number of rotatable bonds is 4. The van der Waals surface area contributed by atoms with Gasteiger partial charge in [0, 0.05) is 51.5 Å². The summed E-state index contributed by atoms with van der Waals surface area (Å²) in [5.74, 6) is 0.385. The van der Waals surface area contributed by atoms with Gasteiger partial charge in [0.05, 0.1) is 4.92 Å². The molecule has 1 aliphatic rings. The topological polar surface area (TPSA) is 82.8 Å². The molecule has 0 aromatic carbocycles. The third-order valence-corrected chi connectivity index (χ3v) is 4.06. The van der Waals surface area contributed by atoms with Gasteiger partial charge in [-0.1, -0.05) is 0 Å². The van der Waals surface area contributed by atoms with Crippen LogP contribution in [-0.2, 0) is 0 Å². The Kier molecular flexibility index (Phi) is 5.36. The Morgan fingerprint density at radius 3 is 2.43 bits per heavy atom. The Labute approximate surface area is 135 Å². The highest BCUT2D eigenvalue weighted by atomic mass is 16.6. The van der Waals surface area contributed by atoms with Crippen LogP contribution in [0.25, 0.3) is 0 Å². The van der Waals surface area contributed by atoms with Crippen LogP contribution in [0.3, 0.4) is 0 Å². The zero-order valence-electron chi connectivity index (χ0n) is 13.9. The number of anilines is 1. The molecule has 0 unspecified atom stereocenters. The Hall–Kier alpha value is -2.38. The number of aromatic nitrogens is 1. The zero-order valence-corrected chi connectivity index (χ0v) is 13.9. The lowest BCUT2D eigenvalue weighted by atomic mass is 10.2. The minimum atomic E-state index is -0.400. The summed E-state index contributed by atoms with van der Waals surface area (Å²) in [5.41, 5.74) is 0.782. The quantitative estimate of drug-likeness (QED) is 0.624. The standard InChI is InChI=1S/C15H23N5O3/c1-4-17(5-2)15(21)19-8-6-18(7-9-19)14-13(20(22)23)10-12(3)11-16-14/h10-11H,4-9H2,1-3H3. The first-order valence-electron chi connectivity index (χ1n) is 7.87. The van der Waals surface area contributed by atoms with Crippen LogP contribution in [0.2, 0.25) is 0 Å². The predicted molar refractivity (Wildman–Crippen MR) is 87.7 cm³/mol. The number of piperazine rings is 1. The van der Waals surface area contributed by atoms with E-state index in [2.05, 4.69) is 4.98 Å². The van der Waals surface area contributed by atoms with E-state index in [9.17, 15) is 14.9 Å². The van der Waals surface area contributed by atoms with Gasteiger partial charge in [-0.3, -0.25) is 10.1 Å². The third kappa shape index (κ3) is 3.69. The smallest absolute Gasteiger partial charge is 0.320 e. The van der Waals surface area contributed by atoms with Crippen molar-refractivity contribution >= 4 is 17.5 Å². The molecule has 0 spiro atoms. The minimum absolute atomic E-state index is 0.0218. The largest absolute Gasteiger partial charge is 0.347 e. The van der Waals surface area contributed by atoms with Gasteiger partial charge in [-0.05, 0) is 26.3 Å². The number of amides is 2. The van der Waals surface area contributed by atoms with Crippen molar-refractivity contribution in [1.29, 1.82) is 0 Å². The van der Waals surface area contributed by atoms with E-state index in [-0.39, 0.29) is 11.7 Å². The van der Waals surface area contributed by atoms with Gasteiger partial charge in [0.1, 0.15) is 0 Å². The van der Waals surface area contributed by atoms with Crippen molar-refractivity contribution in [2.75, 3.05) is 44.2 Å². The van der Waals surface area contributed by atoms with Crippen molar-refractivity contribution in [2.24, 2.45) is 0 Å². The van der Waals surface area contributed by atoms with Crippen LogP contribution in [0.1, 0.15) is 19.4 Å². The Morgan fingerprint density at radius 2 is 1.91 bits per heavy atom. The first-order chi connectivity index (χ1) is 11.0. The Morgan fingerprint density at radius 1 is 1.30 bits per heavy atom. The Balaban J connectivity index is 2.08. The molecule has 0 radical (unpaired) electrons. The van der Waals surface area contributed by atoms with Crippen molar-refractivity contribution in [1.82, 2.24) is 14.8 Å². The summed E-state index contributed by atoms with van der Waals surface area (Å²) >= 11 is 0. The average Bonchev–Trinajstić information content (AvgIpc) is 2.56. The van der Waals surface area contributed by atoms with Gasteiger partial charge in [-0.15, -0.1) is 0 Å². The van der Waals surface area contributed by atoms with E-state index in [1.54, 1.807) is 22.9 Å². The highest BCUT2D eigenvalue weighted by molar-refractivity contribution is 5.75. The number of urea groups is 1. The van der Waals surface area contributed by atoms with Gasteiger partial charge >= 0.3 is 11.7 Å². The summed E-state index contributed by atoms with van der Waals surface area (Å²) in [6, 6.07) is 1.57. The number of carbonyl (C=O) groups is 1. The molecule has 1 aromatic rings. The molecule has 0 N–H and O–H groups in total. The molecule has 0 aliphatic carbocycles. The van der Waals surface area contributed by atoms with Crippen LogP contribution in [-0.4, -0.2) is 65.0 Å². The van der Waals surface area contributed by atoms with E-state index >= 15 is 0 Å². The van der Waals surface area contributed by atoms with E-state index in [0.717, 1.165) is 5.56 Å². The summed E-state index contributed by atoms with van der Waals surface area (Å²) in [5, 5.41) is 11.2. The summed E-state index contributed by atoms with van der Waals surface area (Å²) in [4.78, 5) is 32.8. The number of hydrogen-bond acceptors (Lipinski definition) is 5. The minimum Gasteiger partial charge on any atom is -0.347 e. The number of nitro groups is 1. The van der Waals surface area contributed by atoms with Crippen molar-refractivity contribution in [3.05, 3.63) is 27.9 Å². The van der Waals surface area contributed by atoms with Gasteiger partial charge < -0.3 is 14.7 Å². The molecule has 1 aromatic heterocycles. The third-order valence-electron chi connectivity index (χ3n) is 4.06. The molecule has 23 heavy (non-hydrogen) atoms. The van der Waals surface area contributed by atoms with Crippen LogP contribution in [0.15, 0.2) is 12.3 Å². The molecule has 1 fully saturated rings. The SMILES string of the molecule is CCN(CC)C(=O)N1CCN(c2ncc(C)cc2[N+](=O)[O-])CC1. The predicted octanol–water partition coefficient (Wildman–Crippen LogP) is 1.88. The molecule has 2 rings (SSSR count). The van der Waals surface area contributed by atoms with Crippen LogP contribution in [0.4, 0.5) is 16.3 Å². The van der Waals surface area contributed by atoms with Gasteiger partial charge in [-0.2, -0.15) is 0 Å². The van der Waals surface area contributed by atoms with Gasteiger partial charge in [0.25, 0.3) is 0 Å². The van der Waals surface area contributed by atoms with Crippen LogP contribution < -0.4 is 4.90 Å². The molecule has 0 atom stereocenters. The van der Waals surface area contributed by atoms with Gasteiger partial charge in [-0.25, -0.2) is 9.78 Å². The van der Waals surface area contributed by atoms with E-state index in [4.69, 9.17) is 0 Å². The summed E-state index contributed by atoms with van der Waals surface area (Å²) in [7, 11) is 0. The van der Waals surface area contributed by atoms with Crippen molar-refractivity contribution in [2.45, 2.75) is 20.8 Å². The molecule has 1 aliphatic heterocycles. The molecule has 126 valence electrons. The molecule has 8 nitrogen and oxygen atoms in total. The number of carbonyl (C=O) groups excluding carboxylic acids is 1. The lowest BCUT2D eigenvalue weighted by Crippen LogP contribution is -2.53. The molecule has 2 heterocycles. The maximum Gasteiger partial charge on any atom is 0.320 e. The van der Waals surface area contributed by atoms with E-state index < -0.39 is 4.92 Å². The second-order valence-electron chi connectivity index (χ2n) is 5.54. The number of aryl methyl sites for hydroxylation is 1. The fourth-order valence-corrected chi connectivity index (χ4v) is 2.73. The lowest BCUT2D eigenvalue weighted by Gasteiger charge is -2.37. The highest BCUT2D eigenvalue weighted by Gasteiger charge is 2.28. The number of nitrogens with zero attached hydrogens (tertiary/aromatic N) is 5. The second kappa shape index (κ2) is 7.26. The molecular weight excluding hydrogens is 298 g/mol. The van der Waals surface area contributed by atoms with Gasteiger partial charge in [0.15, 0.2) is 0 Å². The van der Waals surface area contributed by atoms with Gasteiger partial charge in [0.2, 0.25) is 5.82 Å². The fraction of sp³-hybridized carbons (Fsp3) is 0.600. The van der Waals surface area contributed by atoms with Crippen molar-refractivity contribution in [3.8, 4) is 0 Å². The molecule has 0 bridgehead atoms. The van der Waals surface area contributed by atoms with Crippen molar-refractivity contribution in [3.63, 3.8) is 0 Å². The Bertz CT molecular complexity index is 580. The second-order valence-corrected chi connectivity index (χ2v) is 5.54.